The van der Waals surface area contributed by atoms with Gasteiger partial charge in [0.25, 0.3) is 10.1 Å². The standard InChI is InChI=1S/C22H16N4O7S2/c27-20-12-5-14-3-1-2-4-18(14)22(20)26-25-19-11-8-16(13-21(19)35(31,32)33)24-23-15-6-9-17(10-7-15)34(28,29)30/h1-13,27H,(H,28,29,30)(H,31,32,33)/p-2. The molecule has 4 aromatic carbocycles. The maximum absolute atomic E-state index is 12.3. The molecule has 0 aliphatic heterocycles. The molecule has 4 aromatic rings. The van der Waals surface area contributed by atoms with E-state index in [0.29, 0.717) is 5.39 Å². The van der Waals surface area contributed by atoms with Crippen molar-refractivity contribution in [1.82, 2.24) is 0 Å². The minimum Gasteiger partial charge on any atom is -0.871 e. The minimum absolute atomic E-state index is 0.0108. The molecular weight excluding hydrogens is 496 g/mol. The Morgan fingerprint density at radius 1 is 0.714 bits per heavy atom. The number of hydrogen-bond donors (Lipinski definition) is 1. The lowest BCUT2D eigenvalue weighted by atomic mass is 10.1. The molecule has 4 rings (SSSR count). The summed E-state index contributed by atoms with van der Waals surface area (Å²) >= 11 is 0. The van der Waals surface area contributed by atoms with Crippen molar-refractivity contribution in [3.8, 4) is 5.75 Å². The Balaban J connectivity index is 1.68. The summed E-state index contributed by atoms with van der Waals surface area (Å²) in [7, 11) is -9.36. The maximum Gasteiger partial charge on any atom is 0.296 e. The summed E-state index contributed by atoms with van der Waals surface area (Å²) in [4.78, 5) is -1.05. The second kappa shape index (κ2) is 9.31. The molecule has 0 aromatic heterocycles. The van der Waals surface area contributed by atoms with Gasteiger partial charge in [-0.25, -0.2) is 8.42 Å². The van der Waals surface area contributed by atoms with Crippen molar-refractivity contribution in [2.45, 2.75) is 9.79 Å². The zero-order valence-corrected chi connectivity index (χ0v) is 19.1. The predicted molar refractivity (Wildman–Crippen MR) is 122 cm³/mol. The topological polar surface area (TPSA) is 184 Å². The highest BCUT2D eigenvalue weighted by Gasteiger charge is 2.17. The predicted octanol–water partition coefficient (Wildman–Crippen LogP) is 4.90. The van der Waals surface area contributed by atoms with Crippen LogP contribution in [0.2, 0.25) is 0 Å². The summed E-state index contributed by atoms with van der Waals surface area (Å²) in [5, 5.41) is 29.1. The van der Waals surface area contributed by atoms with Crippen molar-refractivity contribution < 1.29 is 31.0 Å². The molecule has 0 saturated carbocycles. The van der Waals surface area contributed by atoms with E-state index in [0.717, 1.165) is 23.6 Å². The van der Waals surface area contributed by atoms with Gasteiger partial charge < -0.3 is 9.66 Å². The van der Waals surface area contributed by atoms with Gasteiger partial charge in [-0.1, -0.05) is 42.1 Å². The Bertz CT molecular complexity index is 1700. The van der Waals surface area contributed by atoms with E-state index >= 15 is 0 Å². The molecule has 0 atom stereocenters. The third-order valence-corrected chi connectivity index (χ3v) is 6.48. The van der Waals surface area contributed by atoms with Crippen LogP contribution in [0.1, 0.15) is 0 Å². The summed E-state index contributed by atoms with van der Waals surface area (Å²) in [5.74, 6) is -0.415. The van der Waals surface area contributed by atoms with Crippen molar-refractivity contribution in [2.75, 3.05) is 0 Å². The Hall–Kier alpha value is -4.04. The lowest BCUT2D eigenvalue weighted by Gasteiger charge is -2.11. The van der Waals surface area contributed by atoms with Crippen LogP contribution < -0.4 is 5.11 Å². The van der Waals surface area contributed by atoms with E-state index in [9.17, 15) is 31.0 Å². The highest BCUT2D eigenvalue weighted by Crippen LogP contribution is 2.36. The van der Waals surface area contributed by atoms with Gasteiger partial charge >= 0.3 is 0 Å². The van der Waals surface area contributed by atoms with Crippen LogP contribution in [0, 0.1) is 0 Å². The summed E-state index contributed by atoms with van der Waals surface area (Å²) < 4.78 is 66.5. The van der Waals surface area contributed by atoms with Crippen molar-refractivity contribution in [3.63, 3.8) is 0 Å². The molecule has 0 aliphatic carbocycles. The Morgan fingerprint density at radius 2 is 1.37 bits per heavy atom. The van der Waals surface area contributed by atoms with Crippen LogP contribution in [0.3, 0.4) is 0 Å². The number of azo groups is 2. The first-order valence-electron chi connectivity index (χ1n) is 9.72. The Morgan fingerprint density at radius 3 is 2.06 bits per heavy atom. The van der Waals surface area contributed by atoms with E-state index in [1.807, 2.05) is 0 Å². The van der Waals surface area contributed by atoms with Crippen molar-refractivity contribution in [1.29, 1.82) is 0 Å². The normalized spacial score (nSPS) is 12.6. The van der Waals surface area contributed by atoms with Crippen LogP contribution >= 0.6 is 0 Å². The molecule has 0 amide bonds. The lowest BCUT2D eigenvalue weighted by Crippen LogP contribution is -1.98. The SMILES string of the molecule is O=S(=O)([O-])c1ccc(N=Nc2ccc(N=Nc3c([O-])ccc4ccccc34)c(S(=O)(=O)O)c2)cc1. The van der Waals surface area contributed by atoms with Crippen LogP contribution in [0.4, 0.5) is 22.7 Å². The fourth-order valence-corrected chi connectivity index (χ4v) is 4.20. The largest absolute Gasteiger partial charge is 0.871 e. The fourth-order valence-electron chi connectivity index (χ4n) is 3.09. The Labute approximate surface area is 199 Å². The molecule has 0 saturated heterocycles. The first kappa shape index (κ1) is 24.1. The second-order valence-corrected chi connectivity index (χ2v) is 9.88. The van der Waals surface area contributed by atoms with Crippen LogP contribution in [0.5, 0.6) is 5.75 Å². The molecule has 11 nitrogen and oxygen atoms in total. The highest BCUT2D eigenvalue weighted by molar-refractivity contribution is 7.86. The van der Waals surface area contributed by atoms with Crippen LogP contribution in [0.25, 0.3) is 10.8 Å². The Kier molecular flexibility index (Phi) is 6.41. The molecule has 0 heterocycles. The minimum atomic E-state index is -4.75. The van der Waals surface area contributed by atoms with Gasteiger partial charge in [-0.2, -0.15) is 23.8 Å². The van der Waals surface area contributed by atoms with Gasteiger partial charge in [0.1, 0.15) is 20.7 Å². The first-order valence-corrected chi connectivity index (χ1v) is 12.6. The maximum atomic E-state index is 12.3. The lowest BCUT2D eigenvalue weighted by molar-refractivity contribution is -0.267. The van der Waals surface area contributed by atoms with Gasteiger partial charge in [-0.15, -0.1) is 5.11 Å². The van der Waals surface area contributed by atoms with Gasteiger partial charge in [0, 0.05) is 5.39 Å². The molecule has 0 spiro atoms. The third-order valence-electron chi connectivity index (χ3n) is 4.75. The average molecular weight is 511 g/mol. The molecule has 178 valence electrons. The van der Waals surface area contributed by atoms with Crippen LogP contribution in [-0.4, -0.2) is 25.9 Å². The number of fused-ring (bicyclic) bond motifs is 1. The number of benzene rings is 4. The first-order chi connectivity index (χ1) is 16.5. The second-order valence-electron chi connectivity index (χ2n) is 7.11. The molecule has 13 heteroatoms. The molecule has 0 fully saturated rings. The van der Waals surface area contributed by atoms with E-state index in [-0.39, 0.29) is 22.7 Å². The number of nitrogens with zero attached hydrogens (tertiary/aromatic N) is 4. The monoisotopic (exact) mass is 510 g/mol. The van der Waals surface area contributed by atoms with Gasteiger partial charge in [-0.05, 0) is 47.9 Å². The van der Waals surface area contributed by atoms with Crippen LogP contribution in [0.15, 0.2) is 109 Å². The molecular formula is C22H14N4O7S2-2. The van der Waals surface area contributed by atoms with Gasteiger partial charge in [0.2, 0.25) is 0 Å². The van der Waals surface area contributed by atoms with E-state index < -0.39 is 35.8 Å². The zero-order valence-electron chi connectivity index (χ0n) is 17.5. The number of hydrogen-bond acceptors (Lipinski definition) is 10. The summed E-state index contributed by atoms with van der Waals surface area (Å²) in [6, 6.07) is 18.1. The van der Waals surface area contributed by atoms with Crippen molar-refractivity contribution in [2.24, 2.45) is 20.5 Å². The summed E-state index contributed by atoms with van der Waals surface area (Å²) in [5.41, 5.74) is -0.0132. The van der Waals surface area contributed by atoms with Crippen molar-refractivity contribution in [3.05, 3.63) is 78.9 Å². The summed E-state index contributed by atoms with van der Waals surface area (Å²) in [6.07, 6.45) is 0. The third kappa shape index (κ3) is 5.55. The molecule has 0 aliphatic rings. The molecule has 35 heavy (non-hydrogen) atoms. The molecule has 0 radical (unpaired) electrons. The zero-order chi connectivity index (χ0) is 25.2. The highest BCUT2D eigenvalue weighted by atomic mass is 32.2. The van der Waals surface area contributed by atoms with Crippen molar-refractivity contribution >= 4 is 53.8 Å². The fraction of sp³-hybridized carbons (Fsp3) is 0. The molecule has 1 N–H and O–H groups in total. The van der Waals surface area contributed by atoms with E-state index in [1.165, 1.54) is 30.3 Å². The van der Waals surface area contributed by atoms with E-state index in [4.69, 9.17) is 0 Å². The van der Waals surface area contributed by atoms with Gasteiger partial charge in [0.15, 0.2) is 0 Å². The van der Waals surface area contributed by atoms with E-state index in [2.05, 4.69) is 20.5 Å². The average Bonchev–Trinajstić information content (AvgIpc) is 2.81. The quantitative estimate of drug-likeness (QED) is 0.282. The molecule has 0 bridgehead atoms. The molecule has 0 unspecified atom stereocenters. The van der Waals surface area contributed by atoms with Crippen LogP contribution in [-0.2, 0) is 20.2 Å². The summed E-state index contributed by atoms with van der Waals surface area (Å²) in [6.45, 7) is 0. The smallest absolute Gasteiger partial charge is 0.296 e. The van der Waals surface area contributed by atoms with Gasteiger partial charge in [0.05, 0.1) is 22.0 Å². The van der Waals surface area contributed by atoms with E-state index in [1.54, 1.807) is 30.3 Å². The number of rotatable bonds is 6. The van der Waals surface area contributed by atoms with Gasteiger partial charge in [-0.3, -0.25) is 4.55 Å².